The van der Waals surface area contributed by atoms with Crippen LogP contribution in [-0.2, 0) is 29.0 Å². The van der Waals surface area contributed by atoms with Crippen LogP contribution in [0.2, 0.25) is 0 Å². The van der Waals surface area contributed by atoms with Crippen molar-refractivity contribution in [2.75, 3.05) is 18.5 Å². The van der Waals surface area contributed by atoms with E-state index in [4.69, 9.17) is 4.74 Å². The van der Waals surface area contributed by atoms with Crippen molar-refractivity contribution in [3.05, 3.63) is 110 Å². The van der Waals surface area contributed by atoms with E-state index in [0.29, 0.717) is 30.8 Å². The molecule has 1 atom stereocenters. The molecule has 0 spiro atoms. The van der Waals surface area contributed by atoms with Crippen molar-refractivity contribution in [3.63, 3.8) is 0 Å². The second kappa shape index (κ2) is 12.3. The second-order valence-electron chi connectivity index (χ2n) is 10.5. The Morgan fingerprint density at radius 3 is 2.51 bits per heavy atom. The number of anilines is 1. The molecule has 2 amide bonds. The highest BCUT2D eigenvalue weighted by atomic mass is 16.5. The summed E-state index contributed by atoms with van der Waals surface area (Å²) in [5, 5.41) is 6.03. The third kappa shape index (κ3) is 6.47. The lowest BCUT2D eigenvalue weighted by atomic mass is 10.1. The zero-order valence-corrected chi connectivity index (χ0v) is 23.3. The van der Waals surface area contributed by atoms with Crippen LogP contribution < -0.4 is 21.9 Å². The molecule has 2 N–H and O–H groups in total. The summed E-state index contributed by atoms with van der Waals surface area (Å²) >= 11 is 0. The van der Waals surface area contributed by atoms with E-state index in [1.54, 1.807) is 12.1 Å². The Morgan fingerprint density at radius 1 is 0.976 bits per heavy atom. The topological polar surface area (TPSA) is 111 Å². The minimum absolute atomic E-state index is 0.105. The monoisotopic (exact) mass is 554 g/mol. The average Bonchev–Trinajstić information content (AvgIpc) is 3.48. The number of fused-ring (bicyclic) bond motifs is 1. The Labute approximate surface area is 237 Å². The predicted molar refractivity (Wildman–Crippen MR) is 158 cm³/mol. The fraction of sp³-hybridized carbons (Fsp3) is 0.312. The molecule has 0 aliphatic carbocycles. The largest absolute Gasteiger partial charge is 0.376 e. The Balaban J connectivity index is 1.47. The van der Waals surface area contributed by atoms with Crippen LogP contribution in [-0.4, -0.2) is 40.2 Å². The molecule has 1 unspecified atom stereocenters. The molecule has 0 bridgehead atoms. The van der Waals surface area contributed by atoms with E-state index in [9.17, 15) is 19.2 Å². The van der Waals surface area contributed by atoms with Gasteiger partial charge in [-0.2, -0.15) is 0 Å². The molecule has 1 fully saturated rings. The second-order valence-corrected chi connectivity index (χ2v) is 10.5. The van der Waals surface area contributed by atoms with Gasteiger partial charge in [-0.05, 0) is 68.5 Å². The summed E-state index contributed by atoms with van der Waals surface area (Å²) in [4.78, 5) is 53.3. The molecule has 1 aliphatic rings. The average molecular weight is 555 g/mol. The summed E-state index contributed by atoms with van der Waals surface area (Å²) in [5.41, 5.74) is 3.15. The molecular weight excluding hydrogens is 520 g/mol. The molecule has 9 heteroatoms. The van der Waals surface area contributed by atoms with E-state index in [1.165, 1.54) is 10.6 Å². The first kappa shape index (κ1) is 28.0. The lowest BCUT2D eigenvalue weighted by molar-refractivity contribution is -0.116. The van der Waals surface area contributed by atoms with Crippen LogP contribution in [0.3, 0.4) is 0 Å². The van der Waals surface area contributed by atoms with Gasteiger partial charge in [-0.3, -0.25) is 23.5 Å². The summed E-state index contributed by atoms with van der Waals surface area (Å²) in [6.07, 6.45) is 2.03. The van der Waals surface area contributed by atoms with Crippen LogP contribution in [0.15, 0.2) is 76.3 Å². The normalized spacial score (nSPS) is 14.7. The standard InChI is InChI=1S/C32H34N4O5/c1-21-10-13-27(22(2)17-21)34-29(37)20-35-28-18-24(30(38)33-15-14-23-7-4-3-5-8-23)11-12-26(28)31(39)36(32(35)40)19-25-9-6-16-41-25/h3-5,7-8,10-13,17-18,25H,6,9,14-16,19-20H2,1-2H3,(H,33,38)(H,34,37). The van der Waals surface area contributed by atoms with Crippen LogP contribution in [0.1, 0.15) is 39.9 Å². The van der Waals surface area contributed by atoms with Gasteiger partial charge in [0.25, 0.3) is 11.5 Å². The maximum Gasteiger partial charge on any atom is 0.332 e. The molecule has 5 rings (SSSR count). The number of hydrogen-bond acceptors (Lipinski definition) is 5. The Kier molecular flexibility index (Phi) is 8.45. The van der Waals surface area contributed by atoms with Crippen LogP contribution in [0, 0.1) is 13.8 Å². The molecule has 1 aromatic heterocycles. The predicted octanol–water partition coefficient (Wildman–Crippen LogP) is 3.57. The van der Waals surface area contributed by atoms with E-state index in [-0.39, 0.29) is 36.0 Å². The van der Waals surface area contributed by atoms with E-state index in [0.717, 1.165) is 34.1 Å². The number of benzene rings is 3. The van der Waals surface area contributed by atoms with Gasteiger partial charge < -0.3 is 15.4 Å². The number of carbonyl (C=O) groups excluding carboxylic acids is 2. The Hall–Kier alpha value is -4.50. The zero-order valence-electron chi connectivity index (χ0n) is 23.3. The molecular formula is C32H34N4O5. The van der Waals surface area contributed by atoms with Crippen LogP contribution >= 0.6 is 0 Å². The summed E-state index contributed by atoms with van der Waals surface area (Å²) in [6.45, 7) is 4.66. The minimum Gasteiger partial charge on any atom is -0.376 e. The highest BCUT2D eigenvalue weighted by Crippen LogP contribution is 2.18. The van der Waals surface area contributed by atoms with Crippen molar-refractivity contribution < 1.29 is 14.3 Å². The van der Waals surface area contributed by atoms with Crippen molar-refractivity contribution in [1.29, 1.82) is 0 Å². The molecule has 0 radical (unpaired) electrons. The smallest absolute Gasteiger partial charge is 0.332 e. The maximum atomic E-state index is 13.7. The van der Waals surface area contributed by atoms with Gasteiger partial charge in [0.15, 0.2) is 0 Å². The number of nitrogens with one attached hydrogen (secondary N) is 2. The summed E-state index contributed by atoms with van der Waals surface area (Å²) in [5.74, 6) is -0.745. The first-order valence-electron chi connectivity index (χ1n) is 13.9. The first-order chi connectivity index (χ1) is 19.8. The molecule has 0 saturated carbocycles. The quantitative estimate of drug-likeness (QED) is 0.329. The molecule has 41 heavy (non-hydrogen) atoms. The number of hydrogen-bond donors (Lipinski definition) is 2. The van der Waals surface area contributed by atoms with Crippen molar-refractivity contribution in [2.24, 2.45) is 0 Å². The zero-order chi connectivity index (χ0) is 28.9. The minimum atomic E-state index is -0.615. The fourth-order valence-corrected chi connectivity index (χ4v) is 5.22. The van der Waals surface area contributed by atoms with Gasteiger partial charge in [-0.25, -0.2) is 4.79 Å². The van der Waals surface area contributed by atoms with Crippen LogP contribution in [0.5, 0.6) is 0 Å². The van der Waals surface area contributed by atoms with Gasteiger partial charge in [0, 0.05) is 24.4 Å². The third-order valence-corrected chi connectivity index (χ3v) is 7.40. The van der Waals surface area contributed by atoms with E-state index >= 15 is 0 Å². The van der Waals surface area contributed by atoms with Crippen molar-refractivity contribution in [1.82, 2.24) is 14.5 Å². The van der Waals surface area contributed by atoms with Gasteiger partial charge in [-0.1, -0.05) is 48.0 Å². The highest BCUT2D eigenvalue weighted by molar-refractivity contribution is 5.98. The maximum absolute atomic E-state index is 13.7. The highest BCUT2D eigenvalue weighted by Gasteiger charge is 2.22. The molecule has 9 nitrogen and oxygen atoms in total. The van der Waals surface area contributed by atoms with Crippen molar-refractivity contribution in [3.8, 4) is 0 Å². The summed E-state index contributed by atoms with van der Waals surface area (Å²) < 4.78 is 8.09. The summed E-state index contributed by atoms with van der Waals surface area (Å²) in [7, 11) is 0. The summed E-state index contributed by atoms with van der Waals surface area (Å²) in [6, 6.07) is 20.1. The Morgan fingerprint density at radius 2 is 1.78 bits per heavy atom. The van der Waals surface area contributed by atoms with Gasteiger partial charge >= 0.3 is 5.69 Å². The molecule has 4 aromatic rings. The van der Waals surface area contributed by atoms with Crippen molar-refractivity contribution in [2.45, 2.75) is 52.3 Å². The van der Waals surface area contributed by atoms with E-state index in [1.807, 2.05) is 62.4 Å². The SMILES string of the molecule is Cc1ccc(NC(=O)Cn2c(=O)n(CC3CCCO3)c(=O)c3ccc(C(=O)NCCc4ccccc4)cc32)c(C)c1. The van der Waals surface area contributed by atoms with Crippen LogP contribution in [0.25, 0.3) is 10.9 Å². The van der Waals surface area contributed by atoms with Crippen molar-refractivity contribution >= 4 is 28.4 Å². The number of carbonyl (C=O) groups is 2. The fourth-order valence-electron chi connectivity index (χ4n) is 5.22. The molecule has 1 aliphatic heterocycles. The Bertz CT molecular complexity index is 1700. The molecule has 2 heterocycles. The number of nitrogens with zero attached hydrogens (tertiary/aromatic N) is 2. The number of aryl methyl sites for hydroxylation is 2. The molecule has 3 aromatic carbocycles. The third-order valence-electron chi connectivity index (χ3n) is 7.40. The van der Waals surface area contributed by atoms with Gasteiger partial charge in [0.05, 0.1) is 23.6 Å². The van der Waals surface area contributed by atoms with Gasteiger partial charge in [0.2, 0.25) is 5.91 Å². The number of rotatable bonds is 9. The lowest BCUT2D eigenvalue weighted by Crippen LogP contribution is -2.43. The van der Waals surface area contributed by atoms with Gasteiger partial charge in [0.1, 0.15) is 6.54 Å². The van der Waals surface area contributed by atoms with Crippen LogP contribution in [0.4, 0.5) is 5.69 Å². The number of ether oxygens (including phenoxy) is 1. The first-order valence-corrected chi connectivity index (χ1v) is 13.9. The molecule has 212 valence electrons. The van der Waals surface area contributed by atoms with Gasteiger partial charge in [-0.15, -0.1) is 0 Å². The lowest BCUT2D eigenvalue weighted by Gasteiger charge is -2.17. The van der Waals surface area contributed by atoms with E-state index in [2.05, 4.69) is 10.6 Å². The number of aromatic nitrogens is 2. The molecule has 1 saturated heterocycles. The van der Waals surface area contributed by atoms with E-state index < -0.39 is 17.2 Å². The number of amides is 2.